The van der Waals surface area contributed by atoms with E-state index < -0.39 is 10.8 Å². The standard InChI is InChI=1S/C17H12ClN3O2S/c18-12-6-7-16-14(10-12)21(17(22)11-20-9-3-8-19-20)13-4-1-2-5-15(13)24(16)23/h1-10H,11H2. The lowest BCUT2D eigenvalue weighted by Crippen LogP contribution is -2.33. The van der Waals surface area contributed by atoms with Crippen LogP contribution in [0, 0.1) is 0 Å². The number of halogens is 1. The average molecular weight is 358 g/mol. The summed E-state index contributed by atoms with van der Waals surface area (Å²) < 4.78 is 14.4. The molecule has 0 bridgehead atoms. The van der Waals surface area contributed by atoms with Gasteiger partial charge in [-0.15, -0.1) is 0 Å². The van der Waals surface area contributed by atoms with Gasteiger partial charge in [0.2, 0.25) is 0 Å². The van der Waals surface area contributed by atoms with Gasteiger partial charge in [0.15, 0.2) is 0 Å². The summed E-state index contributed by atoms with van der Waals surface area (Å²) in [5.41, 5.74) is 1.17. The van der Waals surface area contributed by atoms with E-state index in [1.54, 1.807) is 58.4 Å². The summed E-state index contributed by atoms with van der Waals surface area (Å²) >= 11 is 6.11. The molecule has 0 saturated carbocycles. The molecule has 0 radical (unpaired) electrons. The van der Waals surface area contributed by atoms with E-state index in [2.05, 4.69) is 5.10 Å². The first kappa shape index (κ1) is 15.1. The molecular weight excluding hydrogens is 346 g/mol. The van der Waals surface area contributed by atoms with Crippen molar-refractivity contribution in [2.24, 2.45) is 0 Å². The Morgan fingerprint density at radius 1 is 1.08 bits per heavy atom. The third-order valence-electron chi connectivity index (χ3n) is 3.77. The van der Waals surface area contributed by atoms with E-state index >= 15 is 0 Å². The van der Waals surface area contributed by atoms with Crippen molar-refractivity contribution in [1.29, 1.82) is 0 Å². The molecule has 7 heteroatoms. The van der Waals surface area contributed by atoms with Gasteiger partial charge in [0, 0.05) is 17.4 Å². The third kappa shape index (κ3) is 2.44. The SMILES string of the molecule is O=C(Cn1cccn1)N1c2ccccc2S(=O)c2ccc(Cl)cc21. The molecule has 1 unspecified atom stereocenters. The molecule has 0 aliphatic carbocycles. The monoisotopic (exact) mass is 357 g/mol. The fraction of sp³-hybridized carbons (Fsp3) is 0.0588. The first-order chi connectivity index (χ1) is 11.6. The van der Waals surface area contributed by atoms with E-state index in [0.29, 0.717) is 26.2 Å². The molecule has 0 N–H and O–H groups in total. The Kier molecular flexibility index (Phi) is 3.70. The normalized spacial score (nSPS) is 15.7. The lowest BCUT2D eigenvalue weighted by atomic mass is 10.2. The van der Waals surface area contributed by atoms with Gasteiger partial charge in [-0.2, -0.15) is 5.10 Å². The number of aromatic nitrogens is 2. The van der Waals surface area contributed by atoms with E-state index in [9.17, 15) is 9.00 Å². The second kappa shape index (κ2) is 5.89. The molecule has 2 aromatic carbocycles. The van der Waals surface area contributed by atoms with Crippen molar-refractivity contribution in [3.63, 3.8) is 0 Å². The highest BCUT2D eigenvalue weighted by Crippen LogP contribution is 2.43. The number of para-hydroxylation sites is 1. The molecule has 120 valence electrons. The van der Waals surface area contributed by atoms with Gasteiger partial charge in [0.25, 0.3) is 5.91 Å². The van der Waals surface area contributed by atoms with Crippen LogP contribution in [-0.4, -0.2) is 19.9 Å². The van der Waals surface area contributed by atoms with Gasteiger partial charge >= 0.3 is 0 Å². The second-order valence-electron chi connectivity index (χ2n) is 5.28. The van der Waals surface area contributed by atoms with Crippen molar-refractivity contribution in [1.82, 2.24) is 9.78 Å². The molecular formula is C17H12ClN3O2S. The highest BCUT2D eigenvalue weighted by Gasteiger charge is 2.32. The molecule has 5 nitrogen and oxygen atoms in total. The van der Waals surface area contributed by atoms with Crippen molar-refractivity contribution in [3.8, 4) is 0 Å². The van der Waals surface area contributed by atoms with Gasteiger partial charge < -0.3 is 0 Å². The number of anilines is 2. The molecule has 1 atom stereocenters. The fourth-order valence-corrected chi connectivity index (χ4v) is 4.23. The number of carbonyl (C=O) groups is 1. The Balaban J connectivity index is 1.86. The van der Waals surface area contributed by atoms with E-state index in [0.717, 1.165) is 0 Å². The van der Waals surface area contributed by atoms with Crippen LogP contribution in [0.4, 0.5) is 11.4 Å². The number of rotatable bonds is 2. The molecule has 1 amide bonds. The predicted molar refractivity (Wildman–Crippen MR) is 91.9 cm³/mol. The summed E-state index contributed by atoms with van der Waals surface area (Å²) in [5.74, 6) is -0.175. The van der Waals surface area contributed by atoms with Gasteiger partial charge in [0.05, 0.1) is 32.0 Å². The number of nitrogens with zero attached hydrogens (tertiary/aromatic N) is 3. The van der Waals surface area contributed by atoms with Gasteiger partial charge in [-0.1, -0.05) is 23.7 Å². The smallest absolute Gasteiger partial charge is 0.253 e. The van der Waals surface area contributed by atoms with Crippen LogP contribution in [0.5, 0.6) is 0 Å². The summed E-state index contributed by atoms with van der Waals surface area (Å²) in [6.45, 7) is 0.0833. The van der Waals surface area contributed by atoms with E-state index in [1.807, 2.05) is 12.1 Å². The van der Waals surface area contributed by atoms with Crippen LogP contribution in [0.1, 0.15) is 0 Å². The number of amides is 1. The zero-order chi connectivity index (χ0) is 16.7. The topological polar surface area (TPSA) is 55.2 Å². The predicted octanol–water partition coefficient (Wildman–Crippen LogP) is 3.38. The minimum absolute atomic E-state index is 0.0833. The Bertz CT molecular complexity index is 956. The van der Waals surface area contributed by atoms with Crippen molar-refractivity contribution in [3.05, 3.63) is 65.9 Å². The van der Waals surface area contributed by atoms with Crippen LogP contribution in [0.15, 0.2) is 70.7 Å². The maximum Gasteiger partial charge on any atom is 0.253 e. The first-order valence-electron chi connectivity index (χ1n) is 7.26. The lowest BCUT2D eigenvalue weighted by Gasteiger charge is -2.31. The molecule has 24 heavy (non-hydrogen) atoms. The number of hydrogen-bond donors (Lipinski definition) is 0. The summed E-state index contributed by atoms with van der Waals surface area (Å²) in [7, 11) is -1.35. The zero-order valence-electron chi connectivity index (χ0n) is 12.4. The highest BCUT2D eigenvalue weighted by molar-refractivity contribution is 7.85. The van der Waals surface area contributed by atoms with Crippen LogP contribution in [0.25, 0.3) is 0 Å². The van der Waals surface area contributed by atoms with Gasteiger partial charge in [-0.25, -0.2) is 4.21 Å². The van der Waals surface area contributed by atoms with Gasteiger partial charge in [-0.3, -0.25) is 14.4 Å². The molecule has 3 aromatic rings. The van der Waals surface area contributed by atoms with E-state index in [4.69, 9.17) is 11.6 Å². The number of hydrogen-bond acceptors (Lipinski definition) is 3. The maximum atomic E-state index is 12.9. The number of carbonyl (C=O) groups excluding carboxylic acids is 1. The summed E-state index contributed by atoms with van der Waals surface area (Å²) in [6, 6.07) is 14.0. The molecule has 2 heterocycles. The molecule has 0 spiro atoms. The largest absolute Gasteiger partial charge is 0.277 e. The van der Waals surface area contributed by atoms with Gasteiger partial charge in [0.1, 0.15) is 6.54 Å². The highest BCUT2D eigenvalue weighted by atomic mass is 35.5. The van der Waals surface area contributed by atoms with E-state index in [-0.39, 0.29) is 12.5 Å². The minimum Gasteiger partial charge on any atom is -0.277 e. The molecule has 1 aliphatic heterocycles. The quantitative estimate of drug-likeness (QED) is 0.706. The Hall–Kier alpha value is -2.44. The van der Waals surface area contributed by atoms with Crippen molar-refractivity contribution < 1.29 is 9.00 Å². The molecule has 4 rings (SSSR count). The minimum atomic E-state index is -1.35. The average Bonchev–Trinajstić information content (AvgIpc) is 3.08. The van der Waals surface area contributed by atoms with E-state index in [1.165, 1.54) is 0 Å². The molecule has 1 aromatic heterocycles. The van der Waals surface area contributed by atoms with Crippen molar-refractivity contribution in [2.75, 3.05) is 4.90 Å². The first-order valence-corrected chi connectivity index (χ1v) is 8.78. The zero-order valence-corrected chi connectivity index (χ0v) is 14.0. The van der Waals surface area contributed by atoms with Crippen LogP contribution in [-0.2, 0) is 22.1 Å². The third-order valence-corrected chi connectivity index (χ3v) is 5.50. The van der Waals surface area contributed by atoms with Gasteiger partial charge in [-0.05, 0) is 36.4 Å². The van der Waals surface area contributed by atoms with Crippen LogP contribution >= 0.6 is 11.6 Å². The summed E-state index contributed by atoms with van der Waals surface area (Å²) in [6.07, 6.45) is 3.35. The molecule has 0 saturated heterocycles. The number of benzene rings is 2. The maximum absolute atomic E-state index is 12.9. The Labute approximate surface area is 145 Å². The van der Waals surface area contributed by atoms with Crippen LogP contribution < -0.4 is 4.90 Å². The Morgan fingerprint density at radius 2 is 1.88 bits per heavy atom. The molecule has 1 aliphatic rings. The second-order valence-corrected chi connectivity index (χ2v) is 7.13. The molecule has 0 fully saturated rings. The van der Waals surface area contributed by atoms with Crippen molar-refractivity contribution in [2.45, 2.75) is 16.3 Å². The Morgan fingerprint density at radius 3 is 2.67 bits per heavy atom. The lowest BCUT2D eigenvalue weighted by molar-refractivity contribution is -0.118. The summed E-state index contributed by atoms with van der Waals surface area (Å²) in [5, 5.41) is 4.57. The summed E-state index contributed by atoms with van der Waals surface area (Å²) in [4.78, 5) is 15.7. The number of fused-ring (bicyclic) bond motifs is 2. The fourth-order valence-electron chi connectivity index (χ4n) is 2.74. The van der Waals surface area contributed by atoms with Crippen LogP contribution in [0.3, 0.4) is 0 Å². The van der Waals surface area contributed by atoms with Crippen LogP contribution in [0.2, 0.25) is 5.02 Å². The van der Waals surface area contributed by atoms with Crippen molar-refractivity contribution >= 4 is 39.7 Å².